The molecule has 0 atom stereocenters. The van der Waals surface area contributed by atoms with Crippen LogP contribution in [-0.4, -0.2) is 33.9 Å². The van der Waals surface area contributed by atoms with E-state index < -0.39 is 0 Å². The molecule has 2 aromatic heterocycles. The molecule has 0 aliphatic heterocycles. The highest BCUT2D eigenvalue weighted by atomic mass is 35.5. The number of imidazole rings is 1. The third-order valence-corrected chi connectivity index (χ3v) is 3.19. The number of fused-ring (bicyclic) bond motifs is 1. The number of hydrogen-bond donors (Lipinski definition) is 1. The van der Waals surface area contributed by atoms with E-state index in [4.69, 9.17) is 16.3 Å². The first-order chi connectivity index (χ1) is 11.0. The molecule has 0 aromatic carbocycles. The molecule has 7 heteroatoms. The zero-order chi connectivity index (χ0) is 16.8. The lowest BCUT2D eigenvalue weighted by Gasteiger charge is -2.07. The van der Waals surface area contributed by atoms with Gasteiger partial charge in [0.15, 0.2) is 5.15 Å². The first-order valence-electron chi connectivity index (χ1n) is 7.25. The number of pyridine rings is 1. The molecule has 6 nitrogen and oxygen atoms in total. The van der Waals surface area contributed by atoms with Gasteiger partial charge in [-0.1, -0.05) is 17.7 Å². The maximum Gasteiger partial charge on any atom is 0.307 e. The zero-order valence-corrected chi connectivity index (χ0v) is 13.7. The van der Waals surface area contributed by atoms with Crippen LogP contribution in [0, 0.1) is 0 Å². The smallest absolute Gasteiger partial charge is 0.307 e. The van der Waals surface area contributed by atoms with Gasteiger partial charge < -0.3 is 10.1 Å². The van der Waals surface area contributed by atoms with Crippen molar-refractivity contribution in [3.8, 4) is 0 Å². The van der Waals surface area contributed by atoms with E-state index in [9.17, 15) is 9.59 Å². The number of carbonyl (C=O) groups excluding carboxylic acids is 2. The molecule has 2 heterocycles. The van der Waals surface area contributed by atoms with Crippen molar-refractivity contribution in [2.24, 2.45) is 0 Å². The second kappa shape index (κ2) is 7.78. The normalized spacial score (nSPS) is 11.3. The van der Waals surface area contributed by atoms with Crippen LogP contribution in [0.4, 0.5) is 0 Å². The van der Waals surface area contributed by atoms with Crippen LogP contribution in [0.3, 0.4) is 0 Å². The minimum absolute atomic E-state index is 0.133. The summed E-state index contributed by atoms with van der Waals surface area (Å²) in [7, 11) is 0. The fourth-order valence-electron chi connectivity index (χ4n) is 1.96. The lowest BCUT2D eigenvalue weighted by molar-refractivity contribution is -0.147. The second-order valence-electron chi connectivity index (χ2n) is 5.13. The molecule has 0 spiro atoms. The third-order valence-electron chi connectivity index (χ3n) is 2.91. The minimum atomic E-state index is -0.339. The van der Waals surface area contributed by atoms with Gasteiger partial charge >= 0.3 is 5.97 Å². The Morgan fingerprint density at radius 3 is 2.96 bits per heavy atom. The van der Waals surface area contributed by atoms with Crippen LogP contribution in [0.15, 0.2) is 30.5 Å². The summed E-state index contributed by atoms with van der Waals surface area (Å²) in [5.74, 6) is -0.654. The van der Waals surface area contributed by atoms with Crippen molar-refractivity contribution < 1.29 is 14.3 Å². The Kier molecular flexibility index (Phi) is 5.76. The molecule has 2 rings (SSSR count). The highest BCUT2D eigenvalue weighted by Gasteiger charge is 2.08. The van der Waals surface area contributed by atoms with E-state index in [0.29, 0.717) is 16.5 Å². The molecule has 1 N–H and O–H groups in total. The number of rotatable bonds is 6. The van der Waals surface area contributed by atoms with Crippen molar-refractivity contribution in [2.45, 2.75) is 26.4 Å². The molecule has 0 radical (unpaired) electrons. The van der Waals surface area contributed by atoms with Crippen molar-refractivity contribution in [3.05, 3.63) is 41.3 Å². The Morgan fingerprint density at radius 2 is 2.22 bits per heavy atom. The molecule has 0 saturated heterocycles. The van der Waals surface area contributed by atoms with Crippen LogP contribution in [0.1, 0.15) is 26.0 Å². The molecule has 0 aliphatic rings. The van der Waals surface area contributed by atoms with E-state index >= 15 is 0 Å². The number of nitrogens with zero attached hydrogens (tertiary/aromatic N) is 2. The summed E-state index contributed by atoms with van der Waals surface area (Å²) in [5, 5.41) is 2.94. The molecule has 23 heavy (non-hydrogen) atoms. The minimum Gasteiger partial charge on any atom is -0.463 e. The van der Waals surface area contributed by atoms with E-state index in [0.717, 1.165) is 0 Å². The standard InChI is InChI=1S/C16H18ClN3O3/c1-11(2)23-15(22)8-9-18-14(21)7-6-12-16(17)19-13-5-3-4-10-20(12)13/h3-7,10-11H,8-9H2,1-2H3,(H,18,21)/b7-6-. The van der Waals surface area contributed by atoms with Crippen molar-refractivity contribution in [2.75, 3.05) is 6.54 Å². The predicted octanol–water partition coefficient (Wildman–Crippen LogP) is 2.46. The van der Waals surface area contributed by atoms with Gasteiger partial charge in [-0.2, -0.15) is 0 Å². The van der Waals surface area contributed by atoms with Crippen molar-refractivity contribution in [1.82, 2.24) is 14.7 Å². The molecule has 0 aliphatic carbocycles. The van der Waals surface area contributed by atoms with E-state index in [-0.39, 0.29) is 30.9 Å². The number of hydrogen-bond acceptors (Lipinski definition) is 4. The van der Waals surface area contributed by atoms with E-state index in [1.807, 2.05) is 24.4 Å². The summed E-state index contributed by atoms with van der Waals surface area (Å²) in [6.45, 7) is 3.77. The Morgan fingerprint density at radius 1 is 1.43 bits per heavy atom. The van der Waals surface area contributed by atoms with Gasteiger partial charge in [-0.25, -0.2) is 4.98 Å². The summed E-state index contributed by atoms with van der Waals surface area (Å²) in [5.41, 5.74) is 1.32. The molecule has 1 amide bonds. The number of carbonyl (C=O) groups is 2. The van der Waals surface area contributed by atoms with E-state index in [1.54, 1.807) is 24.3 Å². The number of ether oxygens (including phenoxy) is 1. The highest BCUT2D eigenvalue weighted by Crippen LogP contribution is 2.18. The zero-order valence-electron chi connectivity index (χ0n) is 13.0. The number of halogens is 1. The molecule has 122 valence electrons. The second-order valence-corrected chi connectivity index (χ2v) is 5.49. The summed E-state index contributed by atoms with van der Waals surface area (Å²) >= 11 is 6.07. The van der Waals surface area contributed by atoms with Crippen LogP contribution in [0.5, 0.6) is 0 Å². The van der Waals surface area contributed by atoms with Gasteiger partial charge in [-0.15, -0.1) is 0 Å². The fraction of sp³-hybridized carbons (Fsp3) is 0.312. The Balaban J connectivity index is 1.91. The van der Waals surface area contributed by atoms with Gasteiger partial charge in [0.2, 0.25) is 5.91 Å². The SMILES string of the molecule is CC(C)OC(=O)CCNC(=O)/C=C\c1c(Cl)nc2ccccn12. The first-order valence-corrected chi connectivity index (χ1v) is 7.63. The largest absolute Gasteiger partial charge is 0.463 e. The van der Waals surface area contributed by atoms with Crippen LogP contribution >= 0.6 is 11.6 Å². The van der Waals surface area contributed by atoms with Crippen LogP contribution in [0.2, 0.25) is 5.15 Å². The lowest BCUT2D eigenvalue weighted by atomic mass is 10.3. The quantitative estimate of drug-likeness (QED) is 0.650. The summed E-state index contributed by atoms with van der Waals surface area (Å²) in [6, 6.07) is 5.53. The maximum absolute atomic E-state index is 11.8. The van der Waals surface area contributed by atoms with Crippen molar-refractivity contribution in [3.63, 3.8) is 0 Å². The van der Waals surface area contributed by atoms with Gasteiger partial charge in [0.1, 0.15) is 5.65 Å². The molecule has 0 saturated carbocycles. The molecule has 0 unspecified atom stereocenters. The molecule has 0 bridgehead atoms. The van der Waals surface area contributed by atoms with Crippen molar-refractivity contribution in [1.29, 1.82) is 0 Å². The Hall–Kier alpha value is -2.34. The predicted molar refractivity (Wildman–Crippen MR) is 88.1 cm³/mol. The molecular formula is C16H18ClN3O3. The Bertz CT molecular complexity index is 737. The van der Waals surface area contributed by atoms with Gasteiger partial charge in [0, 0.05) is 18.8 Å². The third kappa shape index (κ3) is 4.82. The average Bonchev–Trinajstić information content (AvgIpc) is 2.79. The molecule has 0 fully saturated rings. The Labute approximate surface area is 139 Å². The van der Waals surface area contributed by atoms with Gasteiger partial charge in [0.05, 0.1) is 18.2 Å². The first kappa shape index (κ1) is 17.0. The van der Waals surface area contributed by atoms with Crippen LogP contribution in [0.25, 0.3) is 11.7 Å². The number of amides is 1. The molecule has 2 aromatic rings. The van der Waals surface area contributed by atoms with Gasteiger partial charge in [-0.3, -0.25) is 14.0 Å². The number of esters is 1. The maximum atomic E-state index is 11.8. The average molecular weight is 336 g/mol. The topological polar surface area (TPSA) is 72.7 Å². The molecular weight excluding hydrogens is 318 g/mol. The van der Waals surface area contributed by atoms with E-state index in [1.165, 1.54) is 6.08 Å². The van der Waals surface area contributed by atoms with Crippen molar-refractivity contribution >= 4 is 35.2 Å². The van der Waals surface area contributed by atoms with Crippen LogP contribution in [-0.2, 0) is 14.3 Å². The van der Waals surface area contributed by atoms with Crippen LogP contribution < -0.4 is 5.32 Å². The highest BCUT2D eigenvalue weighted by molar-refractivity contribution is 6.31. The summed E-state index contributed by atoms with van der Waals surface area (Å²) in [6.07, 6.45) is 4.73. The van der Waals surface area contributed by atoms with E-state index in [2.05, 4.69) is 10.3 Å². The monoisotopic (exact) mass is 335 g/mol. The number of aromatic nitrogens is 2. The summed E-state index contributed by atoms with van der Waals surface area (Å²) < 4.78 is 6.76. The van der Waals surface area contributed by atoms with Gasteiger partial charge in [-0.05, 0) is 32.1 Å². The number of nitrogens with one attached hydrogen (secondary N) is 1. The summed E-state index contributed by atoms with van der Waals surface area (Å²) in [4.78, 5) is 27.3. The van der Waals surface area contributed by atoms with Gasteiger partial charge in [0.25, 0.3) is 0 Å². The fourth-order valence-corrected chi connectivity index (χ4v) is 2.20. The lowest BCUT2D eigenvalue weighted by Crippen LogP contribution is -2.25.